The molecule has 0 amide bonds. The number of nitrogens with one attached hydrogen (secondary N) is 1. The van der Waals surface area contributed by atoms with Crippen molar-refractivity contribution in [1.82, 2.24) is 14.5 Å². The van der Waals surface area contributed by atoms with Gasteiger partial charge in [0, 0.05) is 25.4 Å². The van der Waals surface area contributed by atoms with Gasteiger partial charge in [-0.2, -0.15) is 5.10 Å². The third-order valence-electron chi connectivity index (χ3n) is 2.14. The van der Waals surface area contributed by atoms with Gasteiger partial charge in [-0.15, -0.1) is 0 Å². The summed E-state index contributed by atoms with van der Waals surface area (Å²) >= 11 is 0. The van der Waals surface area contributed by atoms with Crippen LogP contribution in [0.4, 0.5) is 0 Å². The average molecular weight is 247 g/mol. The minimum Gasteiger partial charge on any atom is -0.396 e. The first-order chi connectivity index (χ1) is 7.27. The second-order valence-electron chi connectivity index (χ2n) is 4.31. The monoisotopic (exact) mass is 247 g/mol. The van der Waals surface area contributed by atoms with E-state index in [1.807, 2.05) is 0 Å². The van der Waals surface area contributed by atoms with Crippen LogP contribution in [-0.2, 0) is 17.1 Å². The van der Waals surface area contributed by atoms with Crippen molar-refractivity contribution in [3.05, 3.63) is 12.4 Å². The zero-order valence-corrected chi connectivity index (χ0v) is 10.5. The standard InChI is InChI=1S/C9H17N3O3S/c1-9(2,4-5-13)11-16(14,15)8-6-10-12(3)7-8/h6-7,11,13H,4-5H2,1-3H3. The third kappa shape index (κ3) is 3.29. The van der Waals surface area contributed by atoms with Crippen LogP contribution in [0.15, 0.2) is 17.3 Å². The number of rotatable bonds is 5. The summed E-state index contributed by atoms with van der Waals surface area (Å²) < 4.78 is 27.7. The minimum absolute atomic E-state index is 0.0669. The maximum atomic E-state index is 11.9. The molecule has 0 atom stereocenters. The van der Waals surface area contributed by atoms with Gasteiger partial charge in [-0.25, -0.2) is 13.1 Å². The Hall–Kier alpha value is -0.920. The van der Waals surface area contributed by atoms with E-state index in [2.05, 4.69) is 9.82 Å². The molecule has 1 aromatic heterocycles. The number of hydrogen-bond acceptors (Lipinski definition) is 4. The summed E-state index contributed by atoms with van der Waals surface area (Å²) in [5, 5.41) is 12.6. The van der Waals surface area contributed by atoms with Gasteiger partial charge in [-0.05, 0) is 20.3 Å². The van der Waals surface area contributed by atoms with E-state index in [0.29, 0.717) is 6.42 Å². The average Bonchev–Trinajstić information content (AvgIpc) is 2.49. The van der Waals surface area contributed by atoms with E-state index in [9.17, 15) is 8.42 Å². The topological polar surface area (TPSA) is 84.2 Å². The summed E-state index contributed by atoms with van der Waals surface area (Å²) in [4.78, 5) is 0.126. The van der Waals surface area contributed by atoms with E-state index < -0.39 is 15.6 Å². The van der Waals surface area contributed by atoms with Gasteiger partial charge in [-0.3, -0.25) is 4.68 Å². The Balaban J connectivity index is 2.88. The fraction of sp³-hybridized carbons (Fsp3) is 0.667. The fourth-order valence-corrected chi connectivity index (χ4v) is 2.72. The van der Waals surface area contributed by atoms with Gasteiger partial charge in [0.15, 0.2) is 0 Å². The molecule has 0 fully saturated rings. The van der Waals surface area contributed by atoms with Gasteiger partial charge in [0.2, 0.25) is 10.0 Å². The number of aliphatic hydroxyl groups excluding tert-OH is 1. The Labute approximate surface area is 95.3 Å². The van der Waals surface area contributed by atoms with Gasteiger partial charge in [0.25, 0.3) is 0 Å². The Kier molecular flexibility index (Phi) is 3.72. The van der Waals surface area contributed by atoms with Crippen molar-refractivity contribution in [2.75, 3.05) is 6.61 Å². The summed E-state index contributed by atoms with van der Waals surface area (Å²) in [5.41, 5.74) is -0.677. The Morgan fingerprint density at radius 3 is 2.62 bits per heavy atom. The highest BCUT2D eigenvalue weighted by Gasteiger charge is 2.26. The number of aliphatic hydroxyl groups is 1. The van der Waals surface area contributed by atoms with Gasteiger partial charge >= 0.3 is 0 Å². The van der Waals surface area contributed by atoms with E-state index >= 15 is 0 Å². The molecule has 1 heterocycles. The van der Waals surface area contributed by atoms with Crippen LogP contribution in [0.5, 0.6) is 0 Å². The SMILES string of the molecule is Cn1cc(S(=O)(=O)NC(C)(C)CCO)cn1. The number of aromatic nitrogens is 2. The third-order valence-corrected chi connectivity index (χ3v) is 3.79. The molecule has 7 heteroatoms. The van der Waals surface area contributed by atoms with E-state index in [-0.39, 0.29) is 11.5 Å². The molecule has 1 aromatic rings. The molecule has 16 heavy (non-hydrogen) atoms. The van der Waals surface area contributed by atoms with Crippen LogP contribution in [0.1, 0.15) is 20.3 Å². The lowest BCUT2D eigenvalue weighted by Gasteiger charge is -2.24. The first-order valence-electron chi connectivity index (χ1n) is 4.90. The lowest BCUT2D eigenvalue weighted by Crippen LogP contribution is -2.43. The van der Waals surface area contributed by atoms with E-state index in [1.54, 1.807) is 20.9 Å². The molecule has 0 aliphatic heterocycles. The van der Waals surface area contributed by atoms with Crippen LogP contribution >= 0.6 is 0 Å². The van der Waals surface area contributed by atoms with Crippen LogP contribution in [-0.4, -0.2) is 35.5 Å². The van der Waals surface area contributed by atoms with E-state index in [4.69, 9.17) is 5.11 Å². The van der Waals surface area contributed by atoms with E-state index in [1.165, 1.54) is 17.1 Å². The Bertz CT molecular complexity index is 450. The molecule has 0 aliphatic rings. The second-order valence-corrected chi connectivity index (χ2v) is 6.00. The maximum Gasteiger partial charge on any atom is 0.244 e. The molecule has 2 N–H and O–H groups in total. The van der Waals surface area contributed by atoms with Crippen molar-refractivity contribution >= 4 is 10.0 Å². The fourth-order valence-electron chi connectivity index (χ4n) is 1.29. The van der Waals surface area contributed by atoms with Crippen molar-refractivity contribution < 1.29 is 13.5 Å². The molecule has 0 spiro atoms. The number of nitrogens with zero attached hydrogens (tertiary/aromatic N) is 2. The summed E-state index contributed by atoms with van der Waals surface area (Å²) in [7, 11) is -1.91. The van der Waals surface area contributed by atoms with Crippen molar-refractivity contribution in [2.45, 2.75) is 30.7 Å². The predicted molar refractivity (Wildman–Crippen MR) is 59.3 cm³/mol. The molecule has 6 nitrogen and oxygen atoms in total. The molecule has 0 unspecified atom stereocenters. The van der Waals surface area contributed by atoms with Gasteiger partial charge in [-0.1, -0.05) is 0 Å². The minimum atomic E-state index is -3.56. The number of sulfonamides is 1. The van der Waals surface area contributed by atoms with Crippen molar-refractivity contribution in [2.24, 2.45) is 7.05 Å². The zero-order valence-electron chi connectivity index (χ0n) is 9.64. The van der Waals surface area contributed by atoms with Crippen LogP contribution in [0.2, 0.25) is 0 Å². The van der Waals surface area contributed by atoms with Crippen LogP contribution in [0.3, 0.4) is 0 Å². The van der Waals surface area contributed by atoms with Crippen LogP contribution in [0, 0.1) is 0 Å². The zero-order chi connectivity index (χ0) is 12.4. The molecular weight excluding hydrogens is 230 g/mol. The second kappa shape index (κ2) is 4.52. The smallest absolute Gasteiger partial charge is 0.244 e. The highest BCUT2D eigenvalue weighted by Crippen LogP contribution is 2.14. The van der Waals surface area contributed by atoms with Crippen LogP contribution < -0.4 is 4.72 Å². The summed E-state index contributed by atoms with van der Waals surface area (Å²) in [5.74, 6) is 0. The molecule has 0 aromatic carbocycles. The summed E-state index contributed by atoms with van der Waals surface area (Å²) in [6.45, 7) is 3.37. The van der Waals surface area contributed by atoms with Gasteiger partial charge in [0.05, 0.1) is 6.20 Å². The molecule has 92 valence electrons. The number of aryl methyl sites for hydroxylation is 1. The quantitative estimate of drug-likeness (QED) is 0.758. The first kappa shape index (κ1) is 13.1. The lowest BCUT2D eigenvalue weighted by molar-refractivity contribution is 0.246. The summed E-state index contributed by atoms with van der Waals surface area (Å²) in [6.07, 6.45) is 3.07. The lowest BCUT2D eigenvalue weighted by atomic mass is 10.0. The van der Waals surface area contributed by atoms with Crippen molar-refractivity contribution in [3.8, 4) is 0 Å². The molecule has 0 aliphatic carbocycles. The highest BCUT2D eigenvalue weighted by atomic mass is 32.2. The summed E-state index contributed by atoms with van der Waals surface area (Å²) in [6, 6.07) is 0. The maximum absolute atomic E-state index is 11.9. The normalized spacial score (nSPS) is 13.0. The molecule has 1 rings (SSSR count). The Morgan fingerprint density at radius 1 is 1.56 bits per heavy atom. The van der Waals surface area contributed by atoms with Gasteiger partial charge in [0.1, 0.15) is 4.90 Å². The molecular formula is C9H17N3O3S. The molecule has 0 saturated carbocycles. The molecule has 0 bridgehead atoms. The van der Waals surface area contributed by atoms with Gasteiger partial charge < -0.3 is 5.11 Å². The largest absolute Gasteiger partial charge is 0.396 e. The highest BCUT2D eigenvalue weighted by molar-refractivity contribution is 7.89. The number of hydrogen-bond donors (Lipinski definition) is 2. The first-order valence-corrected chi connectivity index (χ1v) is 6.39. The van der Waals surface area contributed by atoms with E-state index in [0.717, 1.165) is 0 Å². The Morgan fingerprint density at radius 2 is 2.19 bits per heavy atom. The van der Waals surface area contributed by atoms with Crippen molar-refractivity contribution in [3.63, 3.8) is 0 Å². The molecule has 0 saturated heterocycles. The predicted octanol–water partition coefficient (Wildman–Crippen LogP) is -0.141. The van der Waals surface area contributed by atoms with Crippen LogP contribution in [0.25, 0.3) is 0 Å². The molecule has 0 radical (unpaired) electrons. The van der Waals surface area contributed by atoms with Crippen molar-refractivity contribution in [1.29, 1.82) is 0 Å².